The third-order valence-corrected chi connectivity index (χ3v) is 4.63. The normalized spacial score (nSPS) is 11.6. The predicted octanol–water partition coefficient (Wildman–Crippen LogP) is 1.40. The quantitative estimate of drug-likeness (QED) is 0.748. The van der Waals surface area contributed by atoms with E-state index in [-0.39, 0.29) is 5.03 Å². The van der Waals surface area contributed by atoms with Crippen LogP contribution in [0.25, 0.3) is 0 Å². The summed E-state index contributed by atoms with van der Waals surface area (Å²) >= 11 is 3.25. The molecule has 108 valence electrons. The smallest absolute Gasteiger partial charge is 0.281 e. The zero-order chi connectivity index (χ0) is 14.8. The van der Waals surface area contributed by atoms with Gasteiger partial charge in [-0.3, -0.25) is 14.8 Å². The molecular weight excluding hydrogens is 346 g/mol. The number of hydrogen-bond acceptors (Lipinski definition) is 5. The van der Waals surface area contributed by atoms with Crippen molar-refractivity contribution in [2.75, 3.05) is 11.8 Å². The lowest BCUT2D eigenvalue weighted by atomic mass is 10.3. The van der Waals surface area contributed by atoms with Crippen LogP contribution in [-0.2, 0) is 16.6 Å². The van der Waals surface area contributed by atoms with Crippen molar-refractivity contribution in [1.29, 1.82) is 0 Å². The molecule has 2 rings (SSSR count). The van der Waals surface area contributed by atoms with E-state index in [0.29, 0.717) is 28.0 Å². The number of halogens is 1. The Labute approximate surface area is 125 Å². The minimum absolute atomic E-state index is 0.00642. The summed E-state index contributed by atoms with van der Waals surface area (Å²) in [6.45, 7) is 2.19. The van der Waals surface area contributed by atoms with Crippen molar-refractivity contribution in [2.45, 2.75) is 18.5 Å². The lowest BCUT2D eigenvalue weighted by Crippen LogP contribution is -2.17. The maximum absolute atomic E-state index is 12.4. The van der Waals surface area contributed by atoms with Crippen LogP contribution in [0, 0.1) is 6.92 Å². The van der Waals surface area contributed by atoms with E-state index in [1.165, 1.54) is 12.4 Å². The number of H-pyrrole nitrogens is 1. The summed E-state index contributed by atoms with van der Waals surface area (Å²) in [4.78, 5) is 3.89. The Bertz CT molecular complexity index is 713. The number of anilines is 1. The van der Waals surface area contributed by atoms with Gasteiger partial charge >= 0.3 is 0 Å². The largest absolute Gasteiger partial charge is 0.316 e. The first-order chi connectivity index (χ1) is 9.45. The molecule has 0 atom stereocenters. The number of sulfonamides is 1. The maximum atomic E-state index is 12.4. The van der Waals surface area contributed by atoms with Gasteiger partial charge < -0.3 is 5.32 Å². The van der Waals surface area contributed by atoms with Crippen molar-refractivity contribution in [3.8, 4) is 0 Å². The molecule has 0 aromatic carbocycles. The van der Waals surface area contributed by atoms with Gasteiger partial charge in [-0.1, -0.05) is 0 Å². The van der Waals surface area contributed by atoms with Crippen LogP contribution < -0.4 is 10.0 Å². The van der Waals surface area contributed by atoms with Crippen LogP contribution in [0.5, 0.6) is 0 Å². The Morgan fingerprint density at radius 3 is 2.85 bits per heavy atom. The molecule has 2 aromatic rings. The van der Waals surface area contributed by atoms with Crippen molar-refractivity contribution in [3.05, 3.63) is 34.2 Å². The highest BCUT2D eigenvalue weighted by Crippen LogP contribution is 2.24. The fraction of sp³-hybridized carbons (Fsp3) is 0.273. The lowest BCUT2D eigenvalue weighted by molar-refractivity contribution is 0.595. The van der Waals surface area contributed by atoms with Gasteiger partial charge in [-0.2, -0.15) is 13.5 Å². The van der Waals surface area contributed by atoms with E-state index >= 15 is 0 Å². The van der Waals surface area contributed by atoms with Crippen molar-refractivity contribution in [3.63, 3.8) is 0 Å². The van der Waals surface area contributed by atoms with Crippen LogP contribution in [0.15, 0.2) is 28.0 Å². The minimum atomic E-state index is -3.76. The van der Waals surface area contributed by atoms with Crippen LogP contribution in [-0.4, -0.2) is 30.6 Å². The molecule has 2 heterocycles. The van der Waals surface area contributed by atoms with Crippen molar-refractivity contribution in [1.82, 2.24) is 20.5 Å². The van der Waals surface area contributed by atoms with Crippen LogP contribution in [0.2, 0.25) is 0 Å². The molecule has 0 saturated carbocycles. The van der Waals surface area contributed by atoms with E-state index in [0.717, 1.165) is 0 Å². The molecule has 0 saturated heterocycles. The summed E-state index contributed by atoms with van der Waals surface area (Å²) in [6.07, 6.45) is 3.02. The summed E-state index contributed by atoms with van der Waals surface area (Å²) in [5.74, 6) is 0. The number of aromatic nitrogens is 3. The number of pyridine rings is 1. The molecule has 9 heteroatoms. The van der Waals surface area contributed by atoms with Crippen LogP contribution in [0.3, 0.4) is 0 Å². The monoisotopic (exact) mass is 359 g/mol. The molecule has 7 nitrogen and oxygen atoms in total. The Morgan fingerprint density at radius 2 is 2.20 bits per heavy atom. The van der Waals surface area contributed by atoms with E-state index in [1.54, 1.807) is 20.0 Å². The average Bonchev–Trinajstić information content (AvgIpc) is 2.75. The van der Waals surface area contributed by atoms with Crippen LogP contribution >= 0.6 is 15.9 Å². The number of nitrogens with one attached hydrogen (secondary N) is 3. The fourth-order valence-electron chi connectivity index (χ4n) is 1.69. The van der Waals surface area contributed by atoms with Gasteiger partial charge in [-0.05, 0) is 36.0 Å². The molecule has 3 N–H and O–H groups in total. The van der Waals surface area contributed by atoms with Gasteiger partial charge in [-0.25, -0.2) is 0 Å². The Hall–Kier alpha value is -1.45. The number of nitrogens with zero attached hydrogens (tertiary/aromatic N) is 2. The highest BCUT2D eigenvalue weighted by atomic mass is 79.9. The third kappa shape index (κ3) is 3.00. The lowest BCUT2D eigenvalue weighted by Gasteiger charge is -2.09. The van der Waals surface area contributed by atoms with E-state index in [9.17, 15) is 8.42 Å². The molecule has 0 fully saturated rings. The summed E-state index contributed by atoms with van der Waals surface area (Å²) in [5, 5.41) is 9.50. The summed E-state index contributed by atoms with van der Waals surface area (Å²) < 4.78 is 27.9. The topological polar surface area (TPSA) is 99.8 Å². The van der Waals surface area contributed by atoms with E-state index in [2.05, 4.69) is 41.2 Å². The molecule has 0 aliphatic heterocycles. The van der Waals surface area contributed by atoms with Gasteiger partial charge in [0.2, 0.25) is 5.03 Å². The van der Waals surface area contributed by atoms with Gasteiger partial charge in [0, 0.05) is 30.2 Å². The Morgan fingerprint density at radius 1 is 1.45 bits per heavy atom. The van der Waals surface area contributed by atoms with Crippen molar-refractivity contribution in [2.24, 2.45) is 0 Å². The summed E-state index contributed by atoms with van der Waals surface area (Å²) in [6, 6.07) is 1.57. The molecular formula is C11H14BrN5O2S. The Kier molecular flexibility index (Phi) is 4.41. The summed E-state index contributed by atoms with van der Waals surface area (Å²) in [5.41, 5.74) is 1.75. The zero-order valence-electron chi connectivity index (χ0n) is 10.9. The molecule has 20 heavy (non-hydrogen) atoms. The van der Waals surface area contributed by atoms with E-state index in [1.807, 2.05) is 0 Å². The number of aromatic amines is 1. The van der Waals surface area contributed by atoms with Crippen molar-refractivity contribution < 1.29 is 8.42 Å². The fourth-order valence-corrected chi connectivity index (χ4v) is 3.45. The first-order valence-corrected chi connectivity index (χ1v) is 8.04. The van der Waals surface area contributed by atoms with Crippen LogP contribution in [0.4, 0.5) is 5.69 Å². The van der Waals surface area contributed by atoms with Gasteiger partial charge in [0.25, 0.3) is 10.0 Å². The molecule has 0 amide bonds. The standard InChI is InChI=1S/C11H14BrN5O2S/c1-7-8(5-13-2)11(16-15-7)20(18,19)17-10-3-4-14-6-9(10)12/h3-4,6,13H,5H2,1-2H3,(H,14,17)(H,15,16). The van der Waals surface area contributed by atoms with Crippen molar-refractivity contribution >= 4 is 31.6 Å². The zero-order valence-corrected chi connectivity index (χ0v) is 13.3. The van der Waals surface area contributed by atoms with Crippen LogP contribution in [0.1, 0.15) is 11.3 Å². The second kappa shape index (κ2) is 5.90. The molecule has 0 aliphatic rings. The van der Waals surface area contributed by atoms with Gasteiger partial charge in [0.15, 0.2) is 0 Å². The average molecular weight is 360 g/mol. The summed E-state index contributed by atoms with van der Waals surface area (Å²) in [7, 11) is -2.01. The number of hydrogen-bond donors (Lipinski definition) is 3. The first-order valence-electron chi connectivity index (χ1n) is 5.76. The molecule has 0 aliphatic carbocycles. The number of aryl methyl sites for hydroxylation is 1. The van der Waals surface area contributed by atoms with Gasteiger partial charge in [0.05, 0.1) is 10.2 Å². The SMILES string of the molecule is CNCc1c(S(=O)(=O)Nc2ccncc2Br)n[nH]c1C. The van der Waals surface area contributed by atoms with Gasteiger partial charge in [0.1, 0.15) is 0 Å². The molecule has 0 spiro atoms. The van der Waals surface area contributed by atoms with E-state index < -0.39 is 10.0 Å². The third-order valence-electron chi connectivity index (χ3n) is 2.66. The second-order valence-corrected chi connectivity index (χ2v) is 6.58. The second-order valence-electron chi connectivity index (χ2n) is 4.12. The maximum Gasteiger partial charge on any atom is 0.281 e. The molecule has 0 unspecified atom stereocenters. The Balaban J connectivity index is 2.39. The molecule has 0 bridgehead atoms. The van der Waals surface area contributed by atoms with Gasteiger partial charge in [-0.15, -0.1) is 0 Å². The highest BCUT2D eigenvalue weighted by molar-refractivity contribution is 9.10. The number of rotatable bonds is 5. The predicted molar refractivity (Wildman–Crippen MR) is 78.8 cm³/mol. The van der Waals surface area contributed by atoms with E-state index in [4.69, 9.17) is 0 Å². The minimum Gasteiger partial charge on any atom is -0.316 e. The first kappa shape index (κ1) is 14.9. The molecule has 0 radical (unpaired) electrons. The highest BCUT2D eigenvalue weighted by Gasteiger charge is 2.24. The molecule has 2 aromatic heterocycles.